The highest BCUT2D eigenvalue weighted by atomic mass is 35.5. The predicted molar refractivity (Wildman–Crippen MR) is 71.5 cm³/mol. The molecule has 4 heteroatoms. The van der Waals surface area contributed by atoms with Crippen molar-refractivity contribution in [1.29, 1.82) is 0 Å². The largest absolute Gasteiger partial charge is 0.381 e. The van der Waals surface area contributed by atoms with Crippen LogP contribution < -0.4 is 5.32 Å². The second kappa shape index (κ2) is 6.50. The van der Waals surface area contributed by atoms with E-state index in [9.17, 15) is 4.39 Å². The van der Waals surface area contributed by atoms with E-state index in [1.807, 2.05) is 0 Å². The van der Waals surface area contributed by atoms with Crippen molar-refractivity contribution in [2.24, 2.45) is 5.92 Å². The topological polar surface area (TPSA) is 21.3 Å². The lowest BCUT2D eigenvalue weighted by molar-refractivity contribution is 0.176. The summed E-state index contributed by atoms with van der Waals surface area (Å²) in [5.41, 5.74) is 0.608. The summed E-state index contributed by atoms with van der Waals surface area (Å²) in [5, 5.41) is 3.93. The molecule has 1 aliphatic rings. The number of hydrogen-bond donors (Lipinski definition) is 1. The maximum absolute atomic E-state index is 13.8. The van der Waals surface area contributed by atoms with E-state index in [2.05, 4.69) is 12.2 Å². The molecule has 1 N–H and O–H groups in total. The third-order valence-corrected chi connectivity index (χ3v) is 3.84. The smallest absolute Gasteiger partial charge is 0.127 e. The zero-order valence-corrected chi connectivity index (χ0v) is 11.3. The number of halogens is 2. The van der Waals surface area contributed by atoms with Gasteiger partial charge in [-0.05, 0) is 31.5 Å². The Labute approximate surface area is 112 Å². The molecular formula is C14H19ClFNO. The van der Waals surface area contributed by atoms with Crippen LogP contribution in [0.15, 0.2) is 18.2 Å². The quantitative estimate of drug-likeness (QED) is 0.889. The number of nitrogens with one attached hydrogen (secondary N) is 1. The number of hydrogen-bond acceptors (Lipinski definition) is 2. The van der Waals surface area contributed by atoms with Gasteiger partial charge in [-0.3, -0.25) is 0 Å². The van der Waals surface area contributed by atoms with Crippen LogP contribution in [-0.4, -0.2) is 25.8 Å². The van der Waals surface area contributed by atoms with E-state index in [4.69, 9.17) is 16.3 Å². The van der Waals surface area contributed by atoms with Gasteiger partial charge in [0.1, 0.15) is 5.82 Å². The second-order valence-electron chi connectivity index (χ2n) is 4.69. The van der Waals surface area contributed by atoms with Gasteiger partial charge in [-0.1, -0.05) is 24.6 Å². The summed E-state index contributed by atoms with van der Waals surface area (Å²) in [4.78, 5) is 0. The van der Waals surface area contributed by atoms with E-state index in [0.29, 0.717) is 22.9 Å². The second-order valence-corrected chi connectivity index (χ2v) is 5.10. The Balaban J connectivity index is 2.12. The molecule has 0 spiro atoms. The molecule has 100 valence electrons. The van der Waals surface area contributed by atoms with Crippen LogP contribution in [0.3, 0.4) is 0 Å². The van der Waals surface area contributed by atoms with Crippen LogP contribution in [0.1, 0.15) is 18.9 Å². The molecule has 1 aromatic carbocycles. The maximum Gasteiger partial charge on any atom is 0.127 e. The molecule has 0 bridgehead atoms. The lowest BCUT2D eigenvalue weighted by atomic mass is 9.92. The van der Waals surface area contributed by atoms with E-state index in [0.717, 1.165) is 26.2 Å². The van der Waals surface area contributed by atoms with Crippen molar-refractivity contribution in [3.05, 3.63) is 34.6 Å². The van der Waals surface area contributed by atoms with Crippen LogP contribution >= 0.6 is 11.6 Å². The zero-order valence-electron chi connectivity index (χ0n) is 10.6. The fraction of sp³-hybridized carbons (Fsp3) is 0.571. The van der Waals surface area contributed by atoms with Crippen molar-refractivity contribution >= 4 is 11.6 Å². The average molecular weight is 272 g/mol. The van der Waals surface area contributed by atoms with Gasteiger partial charge < -0.3 is 10.1 Å². The van der Waals surface area contributed by atoms with Crippen molar-refractivity contribution in [1.82, 2.24) is 5.32 Å². The van der Waals surface area contributed by atoms with Crippen molar-refractivity contribution in [2.45, 2.75) is 25.8 Å². The first-order valence-electron chi connectivity index (χ1n) is 6.46. The van der Waals surface area contributed by atoms with Gasteiger partial charge in [-0.25, -0.2) is 4.39 Å². The van der Waals surface area contributed by atoms with Gasteiger partial charge in [-0.15, -0.1) is 0 Å². The Morgan fingerprint density at radius 3 is 3.00 bits per heavy atom. The van der Waals surface area contributed by atoms with Crippen LogP contribution in [0.25, 0.3) is 0 Å². The predicted octanol–water partition coefficient (Wildman–Crippen LogP) is 3.04. The van der Waals surface area contributed by atoms with Gasteiger partial charge in [0.05, 0.1) is 6.61 Å². The zero-order chi connectivity index (χ0) is 13.0. The van der Waals surface area contributed by atoms with Crippen LogP contribution in [0, 0.1) is 11.7 Å². The highest BCUT2D eigenvalue weighted by Crippen LogP contribution is 2.25. The van der Waals surface area contributed by atoms with Crippen LogP contribution in [0.4, 0.5) is 4.39 Å². The molecular weight excluding hydrogens is 253 g/mol. The molecule has 2 rings (SSSR count). The first-order chi connectivity index (χ1) is 8.72. The van der Waals surface area contributed by atoms with Gasteiger partial charge >= 0.3 is 0 Å². The SMILES string of the molecule is CCNC(Cc1c(F)cccc1Cl)C1CCOC1. The lowest BCUT2D eigenvalue weighted by Gasteiger charge is -2.24. The molecule has 2 unspecified atom stereocenters. The summed E-state index contributed by atoms with van der Waals surface area (Å²) in [7, 11) is 0. The number of ether oxygens (including phenoxy) is 1. The summed E-state index contributed by atoms with van der Waals surface area (Å²) in [6.07, 6.45) is 1.65. The van der Waals surface area contributed by atoms with Crippen LogP contribution in [0.2, 0.25) is 5.02 Å². The number of rotatable bonds is 5. The Bertz CT molecular complexity index is 373. The monoisotopic (exact) mass is 271 g/mol. The summed E-state index contributed by atoms with van der Waals surface area (Å²) in [5.74, 6) is 0.227. The van der Waals surface area contributed by atoms with Gasteiger partial charge in [0, 0.05) is 29.2 Å². The Hall–Kier alpha value is -0.640. The molecule has 2 nitrogen and oxygen atoms in total. The summed E-state index contributed by atoms with van der Waals surface area (Å²) < 4.78 is 19.2. The minimum Gasteiger partial charge on any atom is -0.381 e. The lowest BCUT2D eigenvalue weighted by Crippen LogP contribution is -2.38. The van der Waals surface area contributed by atoms with Crippen LogP contribution in [-0.2, 0) is 11.2 Å². The molecule has 1 heterocycles. The van der Waals surface area contributed by atoms with Gasteiger partial charge in [0.15, 0.2) is 0 Å². The third-order valence-electron chi connectivity index (χ3n) is 3.49. The van der Waals surface area contributed by atoms with Crippen molar-refractivity contribution < 1.29 is 9.13 Å². The maximum atomic E-state index is 13.8. The Morgan fingerprint density at radius 1 is 1.56 bits per heavy atom. The molecule has 0 saturated carbocycles. The van der Waals surface area contributed by atoms with E-state index in [1.54, 1.807) is 12.1 Å². The molecule has 1 aromatic rings. The molecule has 2 atom stereocenters. The minimum absolute atomic E-state index is 0.218. The molecule has 0 aliphatic carbocycles. The Kier molecular flexibility index (Phi) is 4.98. The van der Waals surface area contributed by atoms with Gasteiger partial charge in [0.2, 0.25) is 0 Å². The number of benzene rings is 1. The molecule has 1 aliphatic heterocycles. The Morgan fingerprint density at radius 2 is 2.39 bits per heavy atom. The van der Waals surface area contributed by atoms with Crippen molar-refractivity contribution in [3.63, 3.8) is 0 Å². The normalized spacial score (nSPS) is 21.2. The van der Waals surface area contributed by atoms with Gasteiger partial charge in [0.25, 0.3) is 0 Å². The fourth-order valence-corrected chi connectivity index (χ4v) is 2.73. The van der Waals surface area contributed by atoms with Crippen molar-refractivity contribution in [2.75, 3.05) is 19.8 Å². The van der Waals surface area contributed by atoms with E-state index < -0.39 is 0 Å². The standard InChI is InChI=1S/C14H19ClFNO/c1-2-17-14(10-6-7-18-9-10)8-11-12(15)4-3-5-13(11)16/h3-5,10,14,17H,2,6-9H2,1H3. The molecule has 0 radical (unpaired) electrons. The minimum atomic E-state index is -0.218. The van der Waals surface area contributed by atoms with Crippen molar-refractivity contribution in [3.8, 4) is 0 Å². The first-order valence-corrected chi connectivity index (χ1v) is 6.84. The molecule has 1 saturated heterocycles. The summed E-state index contributed by atoms with van der Waals surface area (Å²) >= 11 is 6.08. The third kappa shape index (κ3) is 3.22. The highest BCUT2D eigenvalue weighted by molar-refractivity contribution is 6.31. The summed E-state index contributed by atoms with van der Waals surface area (Å²) in [6.45, 7) is 4.49. The average Bonchev–Trinajstić information content (AvgIpc) is 2.86. The van der Waals surface area contributed by atoms with E-state index in [1.165, 1.54) is 6.07 Å². The molecule has 0 amide bonds. The first kappa shape index (κ1) is 13.8. The van der Waals surface area contributed by atoms with Gasteiger partial charge in [-0.2, -0.15) is 0 Å². The fourth-order valence-electron chi connectivity index (χ4n) is 2.49. The van der Waals surface area contributed by atoms with Crippen LogP contribution in [0.5, 0.6) is 0 Å². The van der Waals surface area contributed by atoms with E-state index >= 15 is 0 Å². The molecule has 1 fully saturated rings. The van der Waals surface area contributed by atoms with E-state index in [-0.39, 0.29) is 11.9 Å². The molecule has 18 heavy (non-hydrogen) atoms. The number of likely N-dealkylation sites (N-methyl/N-ethyl adjacent to an activating group) is 1. The molecule has 0 aromatic heterocycles. The summed E-state index contributed by atoms with van der Waals surface area (Å²) in [6, 6.07) is 5.08. The highest BCUT2D eigenvalue weighted by Gasteiger charge is 2.26.